The lowest BCUT2D eigenvalue weighted by molar-refractivity contribution is 0.450. The van der Waals surface area contributed by atoms with Crippen LogP contribution in [0.5, 0.6) is 17.2 Å². The van der Waals surface area contributed by atoms with Crippen LogP contribution in [0.4, 0.5) is 0 Å². The molecule has 0 aliphatic carbocycles. The molecule has 0 fully saturated rings. The highest BCUT2D eigenvalue weighted by molar-refractivity contribution is 5.88. The molecule has 3 N–H and O–H groups in total. The fourth-order valence-corrected chi connectivity index (χ4v) is 2.47. The fourth-order valence-electron chi connectivity index (χ4n) is 2.47. The third-order valence-corrected chi connectivity index (χ3v) is 3.54. The van der Waals surface area contributed by atoms with Gasteiger partial charge in [0, 0.05) is 17.5 Å². The minimum atomic E-state index is -0.0586. The van der Waals surface area contributed by atoms with Crippen LogP contribution in [0.3, 0.4) is 0 Å². The van der Waals surface area contributed by atoms with Crippen LogP contribution >= 0.6 is 0 Å². The largest absolute Gasteiger partial charge is 0.508 e. The topological polar surface area (TPSA) is 73.8 Å². The maximum absolute atomic E-state index is 10.3. The maximum atomic E-state index is 10.3. The lowest BCUT2D eigenvalue weighted by atomic mass is 10.0. The number of hydrogen-bond donors (Lipinski definition) is 3. The van der Waals surface area contributed by atoms with E-state index < -0.39 is 0 Å². The molecule has 0 saturated carbocycles. The summed E-state index contributed by atoms with van der Waals surface area (Å²) < 4.78 is 5.77. The molecular weight excluding hydrogens is 292 g/mol. The number of allylic oxidation sites excluding steroid dienone is 1. The molecular formula is C19H18O4. The first-order valence-corrected chi connectivity index (χ1v) is 7.41. The lowest BCUT2D eigenvalue weighted by Gasteiger charge is -2.08. The number of phenolic OH excluding ortho intramolecular Hbond substituents is 3. The second-order valence-corrected chi connectivity index (χ2v) is 5.87. The van der Waals surface area contributed by atoms with Gasteiger partial charge in [0.1, 0.15) is 28.6 Å². The van der Waals surface area contributed by atoms with Gasteiger partial charge in [0.25, 0.3) is 0 Å². The molecule has 4 heteroatoms. The first-order valence-electron chi connectivity index (χ1n) is 7.41. The van der Waals surface area contributed by atoms with E-state index in [4.69, 9.17) is 4.42 Å². The van der Waals surface area contributed by atoms with Gasteiger partial charge in [-0.1, -0.05) is 26.0 Å². The molecule has 0 unspecified atom stereocenters. The van der Waals surface area contributed by atoms with Crippen LogP contribution in [-0.4, -0.2) is 15.3 Å². The Morgan fingerprint density at radius 2 is 1.74 bits per heavy atom. The molecule has 0 aliphatic heterocycles. The SMILES string of the molecule is CC(C)/C=C/c1cc(O)cc(O)c1-c1cc2ccc(O)cc2o1. The molecule has 1 aromatic heterocycles. The minimum Gasteiger partial charge on any atom is -0.508 e. The van der Waals surface area contributed by atoms with Gasteiger partial charge in [-0.25, -0.2) is 0 Å². The van der Waals surface area contributed by atoms with E-state index in [9.17, 15) is 15.3 Å². The summed E-state index contributed by atoms with van der Waals surface area (Å²) in [6.07, 6.45) is 3.83. The first-order chi connectivity index (χ1) is 10.9. The van der Waals surface area contributed by atoms with Crippen molar-refractivity contribution in [3.63, 3.8) is 0 Å². The van der Waals surface area contributed by atoms with Crippen molar-refractivity contribution in [2.75, 3.05) is 0 Å². The van der Waals surface area contributed by atoms with Crippen molar-refractivity contribution in [2.45, 2.75) is 13.8 Å². The van der Waals surface area contributed by atoms with Crippen LogP contribution in [-0.2, 0) is 0 Å². The molecule has 0 bridgehead atoms. The molecule has 3 rings (SSSR count). The molecule has 0 aliphatic rings. The third kappa shape index (κ3) is 3.01. The maximum Gasteiger partial charge on any atom is 0.139 e. The summed E-state index contributed by atoms with van der Waals surface area (Å²) in [4.78, 5) is 0. The number of rotatable bonds is 3. The van der Waals surface area contributed by atoms with Crippen LogP contribution in [0, 0.1) is 5.92 Å². The normalized spacial score (nSPS) is 11.8. The molecule has 2 aromatic carbocycles. The van der Waals surface area contributed by atoms with E-state index in [2.05, 4.69) is 0 Å². The van der Waals surface area contributed by atoms with Crippen molar-refractivity contribution >= 4 is 17.0 Å². The van der Waals surface area contributed by atoms with Crippen LogP contribution < -0.4 is 0 Å². The average molecular weight is 310 g/mol. The zero-order valence-electron chi connectivity index (χ0n) is 12.9. The van der Waals surface area contributed by atoms with E-state index in [0.29, 0.717) is 28.4 Å². The van der Waals surface area contributed by atoms with Gasteiger partial charge < -0.3 is 19.7 Å². The molecule has 0 spiro atoms. The van der Waals surface area contributed by atoms with Crippen molar-refractivity contribution < 1.29 is 19.7 Å². The summed E-state index contributed by atoms with van der Waals surface area (Å²) in [5.74, 6) is 0.861. The molecule has 3 aromatic rings. The van der Waals surface area contributed by atoms with E-state index in [1.54, 1.807) is 24.3 Å². The Hall–Kier alpha value is -2.88. The summed E-state index contributed by atoms with van der Waals surface area (Å²) >= 11 is 0. The van der Waals surface area contributed by atoms with Crippen LogP contribution in [0.2, 0.25) is 0 Å². The van der Waals surface area contributed by atoms with E-state index in [1.807, 2.05) is 26.0 Å². The van der Waals surface area contributed by atoms with Gasteiger partial charge >= 0.3 is 0 Å². The predicted octanol–water partition coefficient (Wildman–Crippen LogP) is 4.89. The van der Waals surface area contributed by atoms with E-state index in [0.717, 1.165) is 5.39 Å². The lowest BCUT2D eigenvalue weighted by Crippen LogP contribution is -1.85. The predicted molar refractivity (Wildman–Crippen MR) is 90.5 cm³/mol. The molecule has 0 amide bonds. The van der Waals surface area contributed by atoms with Gasteiger partial charge in [0.15, 0.2) is 0 Å². The average Bonchev–Trinajstić information content (AvgIpc) is 2.86. The van der Waals surface area contributed by atoms with Crippen molar-refractivity contribution in [3.05, 3.63) is 48.0 Å². The highest BCUT2D eigenvalue weighted by Gasteiger charge is 2.16. The Bertz CT molecular complexity index is 888. The molecule has 118 valence electrons. The zero-order chi connectivity index (χ0) is 16.6. The Labute approximate surface area is 133 Å². The Kier molecular flexibility index (Phi) is 3.74. The van der Waals surface area contributed by atoms with Gasteiger partial charge in [-0.3, -0.25) is 0 Å². The molecule has 23 heavy (non-hydrogen) atoms. The van der Waals surface area contributed by atoms with Crippen molar-refractivity contribution in [2.24, 2.45) is 5.92 Å². The number of benzene rings is 2. The monoisotopic (exact) mass is 310 g/mol. The van der Waals surface area contributed by atoms with Gasteiger partial charge in [-0.2, -0.15) is 0 Å². The van der Waals surface area contributed by atoms with Gasteiger partial charge in [0.05, 0.1) is 5.56 Å². The molecule has 4 nitrogen and oxygen atoms in total. The summed E-state index contributed by atoms with van der Waals surface area (Å²) in [6.45, 7) is 4.09. The number of phenols is 3. The van der Waals surface area contributed by atoms with Crippen molar-refractivity contribution in [1.29, 1.82) is 0 Å². The molecule has 0 radical (unpaired) electrons. The Balaban J connectivity index is 2.20. The van der Waals surface area contributed by atoms with Gasteiger partial charge in [-0.05, 0) is 35.7 Å². The van der Waals surface area contributed by atoms with Crippen molar-refractivity contribution in [1.82, 2.24) is 0 Å². The van der Waals surface area contributed by atoms with Gasteiger partial charge in [-0.15, -0.1) is 0 Å². The minimum absolute atomic E-state index is 0.0107. The number of furan rings is 1. The summed E-state index contributed by atoms with van der Waals surface area (Å²) in [7, 11) is 0. The quantitative estimate of drug-likeness (QED) is 0.644. The first kappa shape index (κ1) is 15.0. The summed E-state index contributed by atoms with van der Waals surface area (Å²) in [5.41, 5.74) is 1.71. The summed E-state index contributed by atoms with van der Waals surface area (Å²) in [5, 5.41) is 30.4. The van der Waals surface area contributed by atoms with Gasteiger partial charge in [0.2, 0.25) is 0 Å². The summed E-state index contributed by atoms with van der Waals surface area (Å²) in [6, 6.07) is 9.52. The molecule has 0 saturated heterocycles. The van der Waals surface area contributed by atoms with Crippen LogP contribution in [0.1, 0.15) is 19.4 Å². The van der Waals surface area contributed by atoms with E-state index in [-0.39, 0.29) is 17.2 Å². The van der Waals surface area contributed by atoms with Crippen LogP contribution in [0.15, 0.2) is 46.9 Å². The number of fused-ring (bicyclic) bond motifs is 1. The highest BCUT2D eigenvalue weighted by atomic mass is 16.3. The second kappa shape index (κ2) is 5.72. The standard InChI is InChI=1S/C19H18O4/c1-11(2)3-4-13-7-15(21)9-16(22)19(13)18-8-12-5-6-14(20)10-17(12)23-18/h3-11,20-22H,1-2H3/b4-3+. The third-order valence-electron chi connectivity index (χ3n) is 3.54. The van der Waals surface area contributed by atoms with E-state index >= 15 is 0 Å². The van der Waals surface area contributed by atoms with Crippen molar-refractivity contribution in [3.8, 4) is 28.6 Å². The number of hydrogen-bond acceptors (Lipinski definition) is 4. The molecule has 0 atom stereocenters. The second-order valence-electron chi connectivity index (χ2n) is 5.87. The van der Waals surface area contributed by atoms with E-state index in [1.165, 1.54) is 12.1 Å². The molecule has 1 heterocycles. The zero-order valence-corrected chi connectivity index (χ0v) is 12.9. The highest BCUT2D eigenvalue weighted by Crippen LogP contribution is 2.39. The smallest absolute Gasteiger partial charge is 0.139 e. The Morgan fingerprint density at radius 1 is 0.957 bits per heavy atom. The Morgan fingerprint density at radius 3 is 2.48 bits per heavy atom. The number of aromatic hydroxyl groups is 3. The van der Waals surface area contributed by atoms with Crippen LogP contribution in [0.25, 0.3) is 28.4 Å². The fraction of sp³-hybridized carbons (Fsp3) is 0.158.